The highest BCUT2D eigenvalue weighted by molar-refractivity contribution is 7.75. The Labute approximate surface area is 144 Å². The van der Waals surface area contributed by atoms with Gasteiger partial charge in [0.2, 0.25) is 0 Å². The predicted octanol–water partition coefficient (Wildman–Crippen LogP) is 3.28. The molecule has 0 atom stereocenters. The molecule has 0 aromatic heterocycles. The summed E-state index contributed by atoms with van der Waals surface area (Å²) in [5, 5.41) is 12.0. The molecule has 0 N–H and O–H groups in total. The van der Waals surface area contributed by atoms with E-state index >= 15 is 0 Å². The topological polar surface area (TPSA) is 50.1 Å². The zero-order valence-corrected chi connectivity index (χ0v) is 14.9. The molecule has 2 aromatic rings. The van der Waals surface area contributed by atoms with Crippen molar-refractivity contribution in [3.05, 3.63) is 60.7 Å². The number of rotatable bonds is 7. The van der Waals surface area contributed by atoms with Crippen molar-refractivity contribution >= 4 is 29.4 Å². The second-order valence-electron chi connectivity index (χ2n) is 5.41. The van der Waals surface area contributed by atoms with Crippen LogP contribution >= 0.6 is 7.55 Å². The number of ether oxygens (including phenoxy) is 1. The van der Waals surface area contributed by atoms with Gasteiger partial charge in [-0.05, 0) is 17.0 Å². The molecule has 24 heavy (non-hydrogen) atoms. The number of carbonyl (C=O) groups excluding carboxylic acids is 1. The van der Waals surface area contributed by atoms with E-state index in [0.29, 0.717) is 11.9 Å². The maximum Gasteiger partial charge on any atom is 0.335 e. The van der Waals surface area contributed by atoms with Gasteiger partial charge in [-0.1, -0.05) is 81.6 Å². The van der Waals surface area contributed by atoms with Crippen LogP contribution in [0, 0.1) is 11.3 Å². The Morgan fingerprint density at radius 2 is 1.58 bits per heavy atom. The molecule has 0 spiro atoms. The molecule has 2 aromatic carbocycles. The molecule has 0 unspecified atom stereocenters. The molecule has 0 bridgehead atoms. The van der Waals surface area contributed by atoms with Crippen LogP contribution in [0.2, 0.25) is 0 Å². The average molecular weight is 339 g/mol. The van der Waals surface area contributed by atoms with Crippen LogP contribution in [-0.2, 0) is 9.53 Å². The van der Waals surface area contributed by atoms with Crippen LogP contribution in [0.4, 0.5) is 0 Å². The SMILES string of the molecule is CCCCOC(=O)C(CC#N)=[PH](c1ccccc1)c1ccccc1. The van der Waals surface area contributed by atoms with Crippen LogP contribution in [0.15, 0.2) is 60.7 Å². The third kappa shape index (κ3) is 4.85. The van der Waals surface area contributed by atoms with E-state index in [1.54, 1.807) is 0 Å². The highest BCUT2D eigenvalue weighted by Gasteiger charge is 2.18. The molecule has 0 fully saturated rings. The second-order valence-corrected chi connectivity index (χ2v) is 7.92. The van der Waals surface area contributed by atoms with Crippen LogP contribution in [0.25, 0.3) is 0 Å². The van der Waals surface area contributed by atoms with Crippen LogP contribution in [0.3, 0.4) is 0 Å². The third-order valence-electron chi connectivity index (χ3n) is 3.66. The van der Waals surface area contributed by atoms with E-state index < -0.39 is 7.55 Å². The summed E-state index contributed by atoms with van der Waals surface area (Å²) in [5.41, 5.74) is 0. The zero-order chi connectivity index (χ0) is 17.2. The van der Waals surface area contributed by atoms with Crippen molar-refractivity contribution in [1.29, 1.82) is 5.26 Å². The molecule has 0 aliphatic rings. The monoisotopic (exact) mass is 339 g/mol. The van der Waals surface area contributed by atoms with E-state index in [-0.39, 0.29) is 12.4 Å². The Kier molecular flexibility index (Phi) is 7.33. The summed E-state index contributed by atoms with van der Waals surface area (Å²) in [7, 11) is -1.52. The number of hydrogen-bond donors (Lipinski definition) is 0. The standard InChI is InChI=1S/C20H22NO2P/c1-2-3-16-23-20(22)19(14-15-21)24(17-10-6-4-7-11-17)18-12-8-5-9-13-18/h4-13,24H,2-3,14,16H2,1H3. The zero-order valence-electron chi connectivity index (χ0n) is 13.9. The molecule has 0 saturated carbocycles. The molecule has 0 aliphatic carbocycles. The largest absolute Gasteiger partial charge is 0.462 e. The molecule has 0 amide bonds. The minimum atomic E-state index is -1.52. The summed E-state index contributed by atoms with van der Waals surface area (Å²) in [4.78, 5) is 12.6. The first-order valence-electron chi connectivity index (χ1n) is 8.16. The van der Waals surface area contributed by atoms with Gasteiger partial charge in [-0.15, -0.1) is 0 Å². The lowest BCUT2D eigenvalue weighted by Gasteiger charge is -2.15. The van der Waals surface area contributed by atoms with E-state index in [0.717, 1.165) is 23.5 Å². The lowest BCUT2D eigenvalue weighted by molar-refractivity contribution is -0.135. The van der Waals surface area contributed by atoms with Crippen LogP contribution in [0.5, 0.6) is 0 Å². The van der Waals surface area contributed by atoms with Crippen molar-refractivity contribution in [1.82, 2.24) is 0 Å². The van der Waals surface area contributed by atoms with Gasteiger partial charge in [0.25, 0.3) is 0 Å². The van der Waals surface area contributed by atoms with Gasteiger partial charge in [-0.3, -0.25) is 0 Å². The van der Waals surface area contributed by atoms with Crippen molar-refractivity contribution in [3.63, 3.8) is 0 Å². The Bertz CT molecular complexity index is 692. The Morgan fingerprint density at radius 3 is 2.04 bits per heavy atom. The van der Waals surface area contributed by atoms with Crippen molar-refractivity contribution in [2.75, 3.05) is 6.61 Å². The summed E-state index contributed by atoms with van der Waals surface area (Å²) in [5.74, 6) is -0.327. The van der Waals surface area contributed by atoms with E-state index in [1.807, 2.05) is 60.7 Å². The first-order valence-corrected chi connectivity index (χ1v) is 9.66. The van der Waals surface area contributed by atoms with Crippen LogP contribution < -0.4 is 10.6 Å². The maximum absolute atomic E-state index is 12.6. The molecule has 2 rings (SSSR count). The fourth-order valence-electron chi connectivity index (χ4n) is 2.46. The van der Waals surface area contributed by atoms with E-state index in [2.05, 4.69) is 13.0 Å². The molecule has 0 saturated heterocycles. The summed E-state index contributed by atoms with van der Waals surface area (Å²) in [6.07, 6.45) is 1.91. The first kappa shape index (κ1) is 18.0. The molecular formula is C20H22NO2P. The number of carbonyl (C=O) groups is 1. The molecule has 3 nitrogen and oxygen atoms in total. The van der Waals surface area contributed by atoms with Crippen molar-refractivity contribution in [2.24, 2.45) is 0 Å². The van der Waals surface area contributed by atoms with E-state index in [4.69, 9.17) is 4.74 Å². The van der Waals surface area contributed by atoms with E-state index in [1.165, 1.54) is 0 Å². The number of nitrogens with zero attached hydrogens (tertiary/aromatic N) is 1. The normalized spacial score (nSPS) is 10.2. The molecule has 0 heterocycles. The van der Waals surface area contributed by atoms with Gasteiger partial charge >= 0.3 is 5.97 Å². The lowest BCUT2D eigenvalue weighted by Crippen LogP contribution is -2.22. The molecule has 0 aliphatic heterocycles. The van der Waals surface area contributed by atoms with Crippen molar-refractivity contribution in [3.8, 4) is 6.07 Å². The van der Waals surface area contributed by atoms with Crippen molar-refractivity contribution < 1.29 is 9.53 Å². The number of nitriles is 1. The smallest absolute Gasteiger partial charge is 0.335 e. The van der Waals surface area contributed by atoms with Crippen LogP contribution in [0.1, 0.15) is 26.2 Å². The summed E-state index contributed by atoms with van der Waals surface area (Å²) in [6, 6.07) is 22.0. The molecule has 4 heteroatoms. The number of benzene rings is 2. The summed E-state index contributed by atoms with van der Waals surface area (Å²) < 4.78 is 5.42. The van der Waals surface area contributed by atoms with Gasteiger partial charge < -0.3 is 4.74 Å². The van der Waals surface area contributed by atoms with E-state index in [9.17, 15) is 10.1 Å². The van der Waals surface area contributed by atoms with Crippen LogP contribution in [-0.4, -0.2) is 17.9 Å². The maximum atomic E-state index is 12.6. The quantitative estimate of drug-likeness (QED) is 0.442. The van der Waals surface area contributed by atoms with Crippen molar-refractivity contribution in [2.45, 2.75) is 26.2 Å². The van der Waals surface area contributed by atoms with Gasteiger partial charge in [0.1, 0.15) is 0 Å². The van der Waals surface area contributed by atoms with Gasteiger partial charge in [-0.2, -0.15) is 5.26 Å². The molecule has 124 valence electrons. The Hall–Kier alpha value is -2.30. The predicted molar refractivity (Wildman–Crippen MR) is 102 cm³/mol. The second kappa shape index (κ2) is 9.75. The van der Waals surface area contributed by atoms with Gasteiger partial charge in [0, 0.05) is 0 Å². The molecular weight excluding hydrogens is 317 g/mol. The van der Waals surface area contributed by atoms with Gasteiger partial charge in [0.15, 0.2) is 0 Å². The minimum absolute atomic E-state index is 0.100. The Morgan fingerprint density at radius 1 is 1.04 bits per heavy atom. The number of unbranched alkanes of at least 4 members (excludes halogenated alkanes) is 1. The third-order valence-corrected chi connectivity index (χ3v) is 6.47. The number of hydrogen-bond acceptors (Lipinski definition) is 3. The lowest BCUT2D eigenvalue weighted by atomic mass is 10.3. The van der Waals surface area contributed by atoms with Gasteiger partial charge in [-0.25, -0.2) is 4.79 Å². The highest BCUT2D eigenvalue weighted by atomic mass is 31.1. The fraction of sp³-hybridized carbons (Fsp3) is 0.250. The average Bonchev–Trinajstić information content (AvgIpc) is 2.63. The highest BCUT2D eigenvalue weighted by Crippen LogP contribution is 2.26. The summed E-state index contributed by atoms with van der Waals surface area (Å²) in [6.45, 7) is 2.46. The minimum Gasteiger partial charge on any atom is -0.462 e. The van der Waals surface area contributed by atoms with Gasteiger partial charge in [0.05, 0.1) is 24.4 Å². The Balaban J connectivity index is 2.53. The fourth-order valence-corrected chi connectivity index (χ4v) is 5.08. The molecule has 0 radical (unpaired) electrons. The number of esters is 1. The first-order chi connectivity index (χ1) is 11.8. The summed E-state index contributed by atoms with van der Waals surface area (Å²) >= 11 is 0.